The molecule has 0 spiro atoms. The molecule has 1 aromatic heterocycles. The largest absolute Gasteiger partial charge is 0.406 e. The average Bonchev–Trinajstić information content (AvgIpc) is 2.70. The Bertz CT molecular complexity index is 456. The van der Waals surface area contributed by atoms with Gasteiger partial charge in [0.2, 0.25) is 5.91 Å². The van der Waals surface area contributed by atoms with Gasteiger partial charge in [0.25, 0.3) is 0 Å². The third-order valence-corrected chi connectivity index (χ3v) is 2.62. The van der Waals surface area contributed by atoms with Gasteiger partial charge in [-0.05, 0) is 5.92 Å². The number of hydrogen-bond acceptors (Lipinski definition) is 3. The quantitative estimate of drug-likeness (QED) is 0.893. The van der Waals surface area contributed by atoms with Gasteiger partial charge in [0.1, 0.15) is 12.6 Å². The molecular weight excluding hydrogens is 273 g/mol. The molecule has 0 saturated carbocycles. The third-order valence-electron chi connectivity index (χ3n) is 2.62. The molecule has 0 aliphatic heterocycles. The molecule has 0 aromatic carbocycles. The zero-order chi connectivity index (χ0) is 15.5. The molecule has 8 heteroatoms. The van der Waals surface area contributed by atoms with Gasteiger partial charge in [-0.15, -0.1) is 0 Å². The highest BCUT2D eigenvalue weighted by Gasteiger charge is 2.35. The Morgan fingerprint density at radius 2 is 2.10 bits per heavy atom. The lowest BCUT2D eigenvalue weighted by molar-refractivity contribution is -0.163. The van der Waals surface area contributed by atoms with E-state index >= 15 is 0 Å². The lowest BCUT2D eigenvalue weighted by atomic mass is 10.1. The van der Waals surface area contributed by atoms with Crippen molar-refractivity contribution < 1.29 is 18.0 Å². The van der Waals surface area contributed by atoms with Crippen LogP contribution in [0.4, 0.5) is 13.2 Å². The molecule has 1 aromatic rings. The van der Waals surface area contributed by atoms with E-state index in [0.717, 1.165) is 4.90 Å². The molecule has 5 nitrogen and oxygen atoms in total. The van der Waals surface area contributed by atoms with Crippen LogP contribution in [0.25, 0.3) is 0 Å². The highest BCUT2D eigenvalue weighted by molar-refractivity contribution is 5.83. The van der Waals surface area contributed by atoms with Gasteiger partial charge in [0.05, 0.1) is 6.20 Å². The molecule has 0 bridgehead atoms. The van der Waals surface area contributed by atoms with Gasteiger partial charge in [0.15, 0.2) is 0 Å². The first-order valence-corrected chi connectivity index (χ1v) is 6.20. The lowest BCUT2D eigenvalue weighted by Gasteiger charge is -2.27. The standard InChI is InChI=1S/C12H19F3N4O/c1-8(2)5-19(7-12(13,14)15)11(20)10(16)9-4-17-18(3)6-9/h4,6,8,10H,5,7,16H2,1-3H3. The van der Waals surface area contributed by atoms with E-state index in [4.69, 9.17) is 5.73 Å². The number of nitrogens with zero attached hydrogens (tertiary/aromatic N) is 3. The van der Waals surface area contributed by atoms with Crippen LogP contribution in [0.5, 0.6) is 0 Å². The van der Waals surface area contributed by atoms with Crippen molar-refractivity contribution in [1.29, 1.82) is 0 Å². The predicted octanol–water partition coefficient (Wildman–Crippen LogP) is 1.47. The van der Waals surface area contributed by atoms with Crippen LogP contribution in [0.1, 0.15) is 25.5 Å². The topological polar surface area (TPSA) is 64.2 Å². The molecule has 0 aliphatic carbocycles. The molecule has 0 saturated heterocycles. The van der Waals surface area contributed by atoms with E-state index in [1.165, 1.54) is 17.1 Å². The second kappa shape index (κ2) is 6.25. The van der Waals surface area contributed by atoms with Crippen LogP contribution in [0.15, 0.2) is 12.4 Å². The second-order valence-electron chi connectivity index (χ2n) is 5.15. The normalized spacial score (nSPS) is 13.6. The van der Waals surface area contributed by atoms with Crippen molar-refractivity contribution >= 4 is 5.91 Å². The fraction of sp³-hybridized carbons (Fsp3) is 0.667. The molecule has 20 heavy (non-hydrogen) atoms. The van der Waals surface area contributed by atoms with Crippen molar-refractivity contribution in [2.24, 2.45) is 18.7 Å². The molecule has 2 N–H and O–H groups in total. The van der Waals surface area contributed by atoms with Crippen molar-refractivity contribution in [1.82, 2.24) is 14.7 Å². The minimum atomic E-state index is -4.45. The number of carbonyl (C=O) groups is 1. The van der Waals surface area contributed by atoms with Gasteiger partial charge in [-0.3, -0.25) is 9.48 Å². The molecule has 1 rings (SSSR count). The molecule has 1 atom stereocenters. The Morgan fingerprint density at radius 3 is 2.50 bits per heavy atom. The van der Waals surface area contributed by atoms with Crippen LogP contribution in [-0.4, -0.2) is 39.9 Å². The van der Waals surface area contributed by atoms with Gasteiger partial charge in [-0.2, -0.15) is 18.3 Å². The molecule has 0 radical (unpaired) electrons. The van der Waals surface area contributed by atoms with E-state index in [2.05, 4.69) is 5.10 Å². The number of aromatic nitrogens is 2. The lowest BCUT2D eigenvalue weighted by Crippen LogP contribution is -2.45. The maximum absolute atomic E-state index is 12.5. The Hall–Kier alpha value is -1.57. The number of carbonyl (C=O) groups excluding carboxylic acids is 1. The fourth-order valence-electron chi connectivity index (χ4n) is 1.83. The van der Waals surface area contributed by atoms with Gasteiger partial charge >= 0.3 is 6.18 Å². The summed E-state index contributed by atoms with van der Waals surface area (Å²) < 4.78 is 39.0. The van der Waals surface area contributed by atoms with Crippen LogP contribution in [-0.2, 0) is 11.8 Å². The molecule has 114 valence electrons. The average molecular weight is 292 g/mol. The highest BCUT2D eigenvalue weighted by atomic mass is 19.4. The van der Waals surface area contributed by atoms with E-state index in [-0.39, 0.29) is 12.5 Å². The molecule has 0 aliphatic rings. The number of hydrogen-bond donors (Lipinski definition) is 1. The number of aryl methyl sites for hydroxylation is 1. The van der Waals surface area contributed by atoms with E-state index in [9.17, 15) is 18.0 Å². The molecule has 1 amide bonds. The molecule has 1 heterocycles. The van der Waals surface area contributed by atoms with Gasteiger partial charge in [-0.1, -0.05) is 13.8 Å². The third kappa shape index (κ3) is 4.84. The maximum Gasteiger partial charge on any atom is 0.406 e. The van der Waals surface area contributed by atoms with Crippen molar-refractivity contribution in [3.63, 3.8) is 0 Å². The minimum Gasteiger partial charge on any atom is -0.332 e. The van der Waals surface area contributed by atoms with Crippen LogP contribution in [0.2, 0.25) is 0 Å². The zero-order valence-corrected chi connectivity index (χ0v) is 11.7. The van der Waals surface area contributed by atoms with E-state index < -0.39 is 24.7 Å². The van der Waals surface area contributed by atoms with E-state index in [0.29, 0.717) is 5.56 Å². The highest BCUT2D eigenvalue weighted by Crippen LogP contribution is 2.20. The maximum atomic E-state index is 12.5. The summed E-state index contributed by atoms with van der Waals surface area (Å²) in [7, 11) is 1.64. The Kier molecular flexibility index (Phi) is 5.15. The Balaban J connectivity index is 2.86. The second-order valence-corrected chi connectivity index (χ2v) is 5.15. The minimum absolute atomic E-state index is 0.00626. The summed E-state index contributed by atoms with van der Waals surface area (Å²) in [4.78, 5) is 12.9. The summed E-state index contributed by atoms with van der Waals surface area (Å²) in [5.74, 6) is -0.827. The number of halogens is 3. The number of nitrogens with two attached hydrogens (primary N) is 1. The number of amides is 1. The monoisotopic (exact) mass is 292 g/mol. The van der Waals surface area contributed by atoms with E-state index in [1.807, 2.05) is 0 Å². The van der Waals surface area contributed by atoms with Crippen molar-refractivity contribution in [3.8, 4) is 0 Å². The number of rotatable bonds is 5. The van der Waals surface area contributed by atoms with Crippen LogP contribution >= 0.6 is 0 Å². The summed E-state index contributed by atoms with van der Waals surface area (Å²) in [5, 5.41) is 3.86. The van der Waals surface area contributed by atoms with Gasteiger partial charge < -0.3 is 10.6 Å². The van der Waals surface area contributed by atoms with Crippen molar-refractivity contribution in [2.75, 3.05) is 13.1 Å². The van der Waals surface area contributed by atoms with Crippen molar-refractivity contribution in [2.45, 2.75) is 26.1 Å². The van der Waals surface area contributed by atoms with Crippen LogP contribution in [0.3, 0.4) is 0 Å². The predicted molar refractivity (Wildman–Crippen MR) is 67.6 cm³/mol. The van der Waals surface area contributed by atoms with Gasteiger partial charge in [0, 0.05) is 25.4 Å². The Morgan fingerprint density at radius 1 is 1.50 bits per heavy atom. The van der Waals surface area contributed by atoms with Crippen LogP contribution in [0, 0.1) is 5.92 Å². The first-order chi connectivity index (χ1) is 9.10. The van der Waals surface area contributed by atoms with Crippen LogP contribution < -0.4 is 5.73 Å². The molecule has 1 unspecified atom stereocenters. The Labute approximate surface area is 115 Å². The summed E-state index contributed by atoms with van der Waals surface area (Å²) in [5.41, 5.74) is 6.13. The first-order valence-electron chi connectivity index (χ1n) is 6.20. The molecule has 0 fully saturated rings. The first kappa shape index (κ1) is 16.5. The summed E-state index contributed by atoms with van der Waals surface area (Å²) >= 11 is 0. The smallest absolute Gasteiger partial charge is 0.332 e. The molecular formula is C12H19F3N4O. The number of alkyl halides is 3. The van der Waals surface area contributed by atoms with E-state index in [1.54, 1.807) is 20.9 Å². The summed E-state index contributed by atoms with van der Waals surface area (Å²) in [6.45, 7) is 2.20. The summed E-state index contributed by atoms with van der Waals surface area (Å²) in [6.07, 6.45) is -1.55. The SMILES string of the molecule is CC(C)CN(CC(F)(F)F)C(=O)C(N)c1cnn(C)c1. The fourth-order valence-corrected chi connectivity index (χ4v) is 1.83. The zero-order valence-electron chi connectivity index (χ0n) is 11.7. The van der Waals surface area contributed by atoms with Crippen molar-refractivity contribution in [3.05, 3.63) is 18.0 Å². The summed E-state index contributed by atoms with van der Waals surface area (Å²) in [6, 6.07) is -1.13. The van der Waals surface area contributed by atoms with Gasteiger partial charge in [-0.25, -0.2) is 0 Å².